The molecule has 0 aliphatic carbocycles. The van der Waals surface area contributed by atoms with Crippen LogP contribution in [0.25, 0.3) is 0 Å². The van der Waals surface area contributed by atoms with E-state index in [0.29, 0.717) is 6.54 Å². The maximum absolute atomic E-state index is 11.3. The summed E-state index contributed by atoms with van der Waals surface area (Å²) in [5.41, 5.74) is 2.39. The summed E-state index contributed by atoms with van der Waals surface area (Å²) in [6, 6.07) is 8.35. The normalized spacial score (nSPS) is 20.2. The molecule has 4 nitrogen and oxygen atoms in total. The summed E-state index contributed by atoms with van der Waals surface area (Å²) in [6.07, 6.45) is 1.72. The van der Waals surface area contributed by atoms with Gasteiger partial charge in [-0.15, -0.1) is 0 Å². The van der Waals surface area contributed by atoms with Crippen molar-refractivity contribution in [3.8, 4) is 0 Å². The van der Waals surface area contributed by atoms with Crippen molar-refractivity contribution < 1.29 is 8.42 Å². The lowest BCUT2D eigenvalue weighted by Crippen LogP contribution is -2.29. The van der Waals surface area contributed by atoms with Gasteiger partial charge in [0.2, 0.25) is 0 Å². The van der Waals surface area contributed by atoms with Crippen molar-refractivity contribution >= 4 is 15.5 Å². The highest BCUT2D eigenvalue weighted by molar-refractivity contribution is 7.94. The van der Waals surface area contributed by atoms with E-state index in [-0.39, 0.29) is 11.8 Å². The Bertz CT molecular complexity index is 560. The van der Waals surface area contributed by atoms with Crippen molar-refractivity contribution in [2.45, 2.75) is 26.4 Å². The standard InChI is InChI=1S/C15H22N2O2S/c1-3-17(4-2)15-7-5-13(6-8-15)11-16-14-9-10-20(18,19)12-14/h5-10,14,16H,3-4,11-12H2,1-2H3. The molecular formula is C15H22N2O2S. The Kier molecular flexibility index (Phi) is 4.83. The molecule has 0 aromatic heterocycles. The molecule has 2 rings (SSSR count). The largest absolute Gasteiger partial charge is 0.372 e. The smallest absolute Gasteiger partial charge is 0.173 e. The number of benzene rings is 1. The van der Waals surface area contributed by atoms with E-state index >= 15 is 0 Å². The molecule has 1 N–H and O–H groups in total. The van der Waals surface area contributed by atoms with E-state index in [0.717, 1.165) is 13.1 Å². The number of anilines is 1. The fourth-order valence-electron chi connectivity index (χ4n) is 2.37. The lowest BCUT2D eigenvalue weighted by Gasteiger charge is -2.21. The number of rotatable bonds is 6. The molecule has 1 aromatic carbocycles. The molecule has 1 heterocycles. The monoisotopic (exact) mass is 294 g/mol. The first-order chi connectivity index (χ1) is 9.54. The van der Waals surface area contributed by atoms with Gasteiger partial charge in [0.1, 0.15) is 0 Å². The zero-order valence-electron chi connectivity index (χ0n) is 12.0. The molecule has 0 bridgehead atoms. The van der Waals surface area contributed by atoms with Crippen LogP contribution in [0.5, 0.6) is 0 Å². The van der Waals surface area contributed by atoms with Gasteiger partial charge in [0.15, 0.2) is 9.84 Å². The van der Waals surface area contributed by atoms with Crippen LogP contribution < -0.4 is 10.2 Å². The Labute approximate surface area is 121 Å². The Morgan fingerprint density at radius 2 is 1.85 bits per heavy atom. The zero-order chi connectivity index (χ0) is 14.6. The van der Waals surface area contributed by atoms with Crippen LogP contribution in [0.15, 0.2) is 35.7 Å². The van der Waals surface area contributed by atoms with Crippen molar-refractivity contribution in [3.63, 3.8) is 0 Å². The molecule has 0 saturated carbocycles. The minimum Gasteiger partial charge on any atom is -0.372 e. The number of hydrogen-bond acceptors (Lipinski definition) is 4. The highest BCUT2D eigenvalue weighted by Crippen LogP contribution is 2.15. The molecule has 1 aromatic rings. The van der Waals surface area contributed by atoms with Gasteiger partial charge in [-0.2, -0.15) is 0 Å². The second kappa shape index (κ2) is 6.41. The molecule has 110 valence electrons. The minimum absolute atomic E-state index is 0.0672. The second-order valence-electron chi connectivity index (χ2n) is 4.98. The van der Waals surface area contributed by atoms with Crippen LogP contribution in [-0.2, 0) is 16.4 Å². The molecule has 0 fully saturated rings. The van der Waals surface area contributed by atoms with E-state index < -0.39 is 9.84 Å². The van der Waals surface area contributed by atoms with Gasteiger partial charge >= 0.3 is 0 Å². The molecule has 0 saturated heterocycles. The van der Waals surface area contributed by atoms with Gasteiger partial charge in [0.25, 0.3) is 0 Å². The Hall–Kier alpha value is -1.33. The van der Waals surface area contributed by atoms with Crippen LogP contribution in [0.3, 0.4) is 0 Å². The fourth-order valence-corrected chi connectivity index (χ4v) is 3.63. The predicted octanol–water partition coefficient (Wildman–Crippen LogP) is 1.93. The van der Waals surface area contributed by atoms with Crippen LogP contribution in [0.1, 0.15) is 19.4 Å². The third kappa shape index (κ3) is 3.84. The highest BCUT2D eigenvalue weighted by atomic mass is 32.2. The zero-order valence-corrected chi connectivity index (χ0v) is 12.9. The summed E-state index contributed by atoms with van der Waals surface area (Å²) >= 11 is 0. The van der Waals surface area contributed by atoms with Gasteiger partial charge in [-0.25, -0.2) is 8.42 Å². The van der Waals surface area contributed by atoms with Crippen LogP contribution in [-0.4, -0.2) is 33.3 Å². The topological polar surface area (TPSA) is 49.4 Å². The Morgan fingerprint density at radius 3 is 2.35 bits per heavy atom. The van der Waals surface area contributed by atoms with Crippen molar-refractivity contribution in [1.29, 1.82) is 0 Å². The van der Waals surface area contributed by atoms with Crippen molar-refractivity contribution in [2.24, 2.45) is 0 Å². The van der Waals surface area contributed by atoms with Crippen molar-refractivity contribution in [3.05, 3.63) is 41.3 Å². The summed E-state index contributed by atoms with van der Waals surface area (Å²) < 4.78 is 22.6. The summed E-state index contributed by atoms with van der Waals surface area (Å²) in [7, 11) is -2.97. The average Bonchev–Trinajstić information content (AvgIpc) is 2.79. The number of nitrogens with zero attached hydrogens (tertiary/aromatic N) is 1. The molecule has 5 heteroatoms. The molecule has 1 aliphatic heterocycles. The van der Waals surface area contributed by atoms with E-state index in [9.17, 15) is 8.42 Å². The van der Waals surface area contributed by atoms with E-state index in [4.69, 9.17) is 0 Å². The third-order valence-corrected chi connectivity index (χ3v) is 4.96. The number of nitrogens with one attached hydrogen (secondary N) is 1. The predicted molar refractivity (Wildman–Crippen MR) is 83.6 cm³/mol. The third-order valence-electron chi connectivity index (χ3n) is 3.56. The summed E-state index contributed by atoms with van der Waals surface area (Å²) in [4.78, 5) is 2.30. The summed E-state index contributed by atoms with van der Waals surface area (Å²) in [5, 5.41) is 4.55. The molecule has 1 atom stereocenters. The van der Waals surface area contributed by atoms with Gasteiger partial charge in [-0.3, -0.25) is 0 Å². The van der Waals surface area contributed by atoms with Crippen molar-refractivity contribution in [1.82, 2.24) is 5.32 Å². The molecule has 20 heavy (non-hydrogen) atoms. The SMILES string of the molecule is CCN(CC)c1ccc(CNC2C=CS(=O)(=O)C2)cc1. The molecule has 0 radical (unpaired) electrons. The number of sulfone groups is 1. The summed E-state index contributed by atoms with van der Waals surface area (Å²) in [6.45, 7) is 6.97. The van der Waals surface area contributed by atoms with Gasteiger partial charge in [0, 0.05) is 36.8 Å². The average molecular weight is 294 g/mol. The minimum atomic E-state index is -2.97. The Balaban J connectivity index is 1.90. The second-order valence-corrected chi connectivity index (χ2v) is 6.92. The maximum Gasteiger partial charge on any atom is 0.173 e. The lowest BCUT2D eigenvalue weighted by atomic mass is 10.2. The van der Waals surface area contributed by atoms with E-state index in [1.807, 2.05) is 0 Å². The molecule has 0 amide bonds. The first-order valence-electron chi connectivity index (χ1n) is 7.02. The molecule has 1 aliphatic rings. The number of hydrogen-bond donors (Lipinski definition) is 1. The quantitative estimate of drug-likeness (QED) is 0.871. The lowest BCUT2D eigenvalue weighted by molar-refractivity contribution is 0.590. The molecule has 1 unspecified atom stereocenters. The van der Waals surface area contributed by atoms with Gasteiger partial charge in [0.05, 0.1) is 5.75 Å². The van der Waals surface area contributed by atoms with E-state index in [2.05, 4.69) is 48.3 Å². The van der Waals surface area contributed by atoms with Gasteiger partial charge < -0.3 is 10.2 Å². The molecule has 0 spiro atoms. The van der Waals surface area contributed by atoms with E-state index in [1.54, 1.807) is 6.08 Å². The summed E-state index contributed by atoms with van der Waals surface area (Å²) in [5.74, 6) is 0.171. The highest BCUT2D eigenvalue weighted by Gasteiger charge is 2.20. The molecular weight excluding hydrogens is 272 g/mol. The van der Waals surface area contributed by atoms with E-state index in [1.165, 1.54) is 16.7 Å². The van der Waals surface area contributed by atoms with Crippen LogP contribution in [0.2, 0.25) is 0 Å². The maximum atomic E-state index is 11.3. The van der Waals surface area contributed by atoms with Crippen LogP contribution in [0.4, 0.5) is 5.69 Å². The Morgan fingerprint density at radius 1 is 1.20 bits per heavy atom. The first-order valence-corrected chi connectivity index (χ1v) is 8.74. The van der Waals surface area contributed by atoms with Crippen LogP contribution >= 0.6 is 0 Å². The first kappa shape index (κ1) is 15.1. The van der Waals surface area contributed by atoms with Gasteiger partial charge in [-0.05, 0) is 31.5 Å². The van der Waals surface area contributed by atoms with Crippen LogP contribution in [0, 0.1) is 0 Å². The fraction of sp³-hybridized carbons (Fsp3) is 0.467. The van der Waals surface area contributed by atoms with Crippen molar-refractivity contribution in [2.75, 3.05) is 23.7 Å². The van der Waals surface area contributed by atoms with Gasteiger partial charge in [-0.1, -0.05) is 18.2 Å².